The van der Waals surface area contributed by atoms with E-state index in [1.54, 1.807) is 14.2 Å². The van der Waals surface area contributed by atoms with Gasteiger partial charge in [-0.05, 0) is 23.9 Å². The van der Waals surface area contributed by atoms with Gasteiger partial charge in [-0.3, -0.25) is 0 Å². The average Bonchev–Trinajstić information content (AvgIpc) is 2.32. The van der Waals surface area contributed by atoms with Crippen molar-refractivity contribution >= 4 is 9.28 Å². The molecule has 1 rings (SSSR count). The van der Waals surface area contributed by atoms with Gasteiger partial charge >= 0.3 is 9.28 Å². The molecule has 0 amide bonds. The summed E-state index contributed by atoms with van der Waals surface area (Å²) in [7, 11) is 2.38. The van der Waals surface area contributed by atoms with Gasteiger partial charge < -0.3 is 8.85 Å². The van der Waals surface area contributed by atoms with Gasteiger partial charge in [0.15, 0.2) is 0 Å². The van der Waals surface area contributed by atoms with Crippen molar-refractivity contribution in [2.75, 3.05) is 14.2 Å². The molecule has 0 aromatic heterocycles. The highest BCUT2D eigenvalue weighted by Gasteiger charge is 2.19. The fourth-order valence-electron chi connectivity index (χ4n) is 1.67. The van der Waals surface area contributed by atoms with E-state index >= 15 is 0 Å². The molecule has 0 saturated carbocycles. The van der Waals surface area contributed by atoms with E-state index in [1.807, 2.05) is 0 Å². The molecule has 0 fully saturated rings. The van der Waals surface area contributed by atoms with Gasteiger partial charge in [-0.2, -0.15) is 0 Å². The molecule has 1 aromatic carbocycles. The largest absolute Gasteiger partial charge is 0.397 e. The summed E-state index contributed by atoms with van der Waals surface area (Å²) in [6.45, 7) is 2.21. The molecule has 0 aliphatic heterocycles. The van der Waals surface area contributed by atoms with E-state index in [1.165, 1.54) is 5.56 Å². The van der Waals surface area contributed by atoms with Crippen molar-refractivity contribution in [1.82, 2.24) is 0 Å². The van der Waals surface area contributed by atoms with Crippen LogP contribution in [-0.2, 0) is 8.85 Å². The van der Waals surface area contributed by atoms with E-state index < -0.39 is 9.28 Å². The van der Waals surface area contributed by atoms with Gasteiger partial charge in [0.1, 0.15) is 0 Å². The Morgan fingerprint density at radius 3 is 2.20 bits per heavy atom. The van der Waals surface area contributed by atoms with Crippen LogP contribution in [0.3, 0.4) is 0 Å². The Balaban J connectivity index is 2.64. The van der Waals surface area contributed by atoms with Gasteiger partial charge in [-0.1, -0.05) is 37.3 Å². The molecule has 0 saturated heterocycles. The summed E-state index contributed by atoms with van der Waals surface area (Å²) in [6, 6.07) is 11.6. The summed E-state index contributed by atoms with van der Waals surface area (Å²) < 4.78 is 10.7. The zero-order valence-electron chi connectivity index (χ0n) is 9.69. The zero-order chi connectivity index (χ0) is 11.1. The summed E-state index contributed by atoms with van der Waals surface area (Å²) in [6.07, 6.45) is 1.13. The number of hydrogen-bond donors (Lipinski definition) is 0. The highest BCUT2D eigenvalue weighted by molar-refractivity contribution is 6.44. The molecule has 15 heavy (non-hydrogen) atoms. The first-order chi connectivity index (χ1) is 7.31. The third kappa shape index (κ3) is 3.78. The van der Waals surface area contributed by atoms with Crippen molar-refractivity contribution < 1.29 is 8.85 Å². The molecular weight excluding hydrogens is 204 g/mol. The van der Waals surface area contributed by atoms with E-state index in [2.05, 4.69) is 37.3 Å². The molecule has 1 unspecified atom stereocenters. The van der Waals surface area contributed by atoms with Crippen LogP contribution in [0.1, 0.15) is 24.8 Å². The Bertz CT molecular complexity index is 260. The molecule has 0 N–H and O–H groups in total. The molecule has 1 radical (unpaired) electrons. The fourth-order valence-corrected chi connectivity index (χ4v) is 3.10. The normalized spacial score (nSPS) is 13.1. The van der Waals surface area contributed by atoms with Crippen LogP contribution in [0.5, 0.6) is 0 Å². The van der Waals surface area contributed by atoms with Crippen molar-refractivity contribution in [1.29, 1.82) is 0 Å². The minimum atomic E-state index is -1.08. The smallest absolute Gasteiger partial charge is 0.384 e. The van der Waals surface area contributed by atoms with Crippen LogP contribution >= 0.6 is 0 Å². The van der Waals surface area contributed by atoms with E-state index in [0.717, 1.165) is 12.5 Å². The predicted octanol–water partition coefficient (Wildman–Crippen LogP) is 2.96. The highest BCUT2D eigenvalue weighted by Crippen LogP contribution is 2.25. The minimum Gasteiger partial charge on any atom is -0.397 e. The van der Waals surface area contributed by atoms with E-state index in [-0.39, 0.29) is 0 Å². The predicted molar refractivity (Wildman–Crippen MR) is 64.1 cm³/mol. The maximum Gasteiger partial charge on any atom is 0.384 e. The standard InChI is InChI=1S/C12H19O2Si/c1-4-11(10-15(13-2)14-3)12-8-6-5-7-9-12/h5-9,11H,4,10H2,1-3H3. The quantitative estimate of drug-likeness (QED) is 0.690. The second kappa shape index (κ2) is 6.77. The number of rotatable bonds is 6. The lowest BCUT2D eigenvalue weighted by molar-refractivity contribution is 0.274. The second-order valence-corrected chi connectivity index (χ2v) is 5.47. The summed E-state index contributed by atoms with van der Waals surface area (Å²) in [5, 5.41) is 0. The molecule has 1 aromatic rings. The first kappa shape index (κ1) is 12.4. The van der Waals surface area contributed by atoms with Crippen molar-refractivity contribution in [2.45, 2.75) is 25.3 Å². The van der Waals surface area contributed by atoms with Gasteiger partial charge in [-0.25, -0.2) is 0 Å². The third-order valence-corrected chi connectivity index (χ3v) is 4.37. The van der Waals surface area contributed by atoms with E-state index in [9.17, 15) is 0 Å². The van der Waals surface area contributed by atoms with E-state index in [0.29, 0.717) is 5.92 Å². The summed E-state index contributed by atoms with van der Waals surface area (Å²) in [5.41, 5.74) is 1.39. The number of hydrogen-bond acceptors (Lipinski definition) is 2. The topological polar surface area (TPSA) is 18.5 Å². The van der Waals surface area contributed by atoms with Gasteiger partial charge in [0.2, 0.25) is 0 Å². The van der Waals surface area contributed by atoms with Crippen molar-refractivity contribution in [2.24, 2.45) is 0 Å². The van der Waals surface area contributed by atoms with Gasteiger partial charge in [0.05, 0.1) is 0 Å². The lowest BCUT2D eigenvalue weighted by Crippen LogP contribution is -2.21. The Labute approximate surface area is 94.1 Å². The molecule has 0 aliphatic rings. The SMILES string of the molecule is CCC(C[Si](OC)OC)c1ccccc1. The maximum absolute atomic E-state index is 5.33. The average molecular weight is 223 g/mol. The lowest BCUT2D eigenvalue weighted by atomic mass is 9.99. The second-order valence-electron chi connectivity index (χ2n) is 3.50. The van der Waals surface area contributed by atoms with Crippen LogP contribution in [0, 0.1) is 0 Å². The first-order valence-electron chi connectivity index (χ1n) is 5.30. The van der Waals surface area contributed by atoms with Crippen molar-refractivity contribution in [3.8, 4) is 0 Å². The van der Waals surface area contributed by atoms with Crippen molar-refractivity contribution in [3.63, 3.8) is 0 Å². The minimum absolute atomic E-state index is 0.556. The van der Waals surface area contributed by atoms with Crippen LogP contribution in [-0.4, -0.2) is 23.5 Å². The summed E-state index contributed by atoms with van der Waals surface area (Å²) in [4.78, 5) is 0. The van der Waals surface area contributed by atoms with Crippen LogP contribution < -0.4 is 0 Å². The van der Waals surface area contributed by atoms with Gasteiger partial charge in [0.25, 0.3) is 0 Å². The van der Waals surface area contributed by atoms with Crippen LogP contribution in [0.25, 0.3) is 0 Å². The highest BCUT2D eigenvalue weighted by atomic mass is 28.3. The maximum atomic E-state index is 5.33. The molecule has 3 heteroatoms. The molecule has 1 atom stereocenters. The van der Waals surface area contributed by atoms with Crippen molar-refractivity contribution in [3.05, 3.63) is 35.9 Å². The first-order valence-corrected chi connectivity index (χ1v) is 6.82. The third-order valence-electron chi connectivity index (χ3n) is 2.63. The van der Waals surface area contributed by atoms with Crippen LogP contribution in [0.15, 0.2) is 30.3 Å². The monoisotopic (exact) mass is 223 g/mol. The summed E-state index contributed by atoms with van der Waals surface area (Å²) >= 11 is 0. The molecular formula is C12H19O2Si. The molecule has 0 heterocycles. The van der Waals surface area contributed by atoms with Crippen LogP contribution in [0.4, 0.5) is 0 Å². The Morgan fingerprint density at radius 2 is 1.73 bits per heavy atom. The summed E-state index contributed by atoms with van der Waals surface area (Å²) in [5.74, 6) is 0.556. The Kier molecular flexibility index (Phi) is 5.61. The number of benzene rings is 1. The molecule has 0 bridgehead atoms. The van der Waals surface area contributed by atoms with Crippen LogP contribution in [0.2, 0.25) is 6.04 Å². The molecule has 2 nitrogen and oxygen atoms in total. The van der Waals surface area contributed by atoms with Gasteiger partial charge in [0, 0.05) is 14.2 Å². The fraction of sp³-hybridized carbons (Fsp3) is 0.500. The van der Waals surface area contributed by atoms with E-state index in [4.69, 9.17) is 8.85 Å². The molecule has 0 aliphatic carbocycles. The molecule has 0 spiro atoms. The van der Waals surface area contributed by atoms with Gasteiger partial charge in [-0.15, -0.1) is 0 Å². The zero-order valence-corrected chi connectivity index (χ0v) is 10.7. The Hall–Kier alpha value is -0.643. The lowest BCUT2D eigenvalue weighted by Gasteiger charge is -2.18. The Morgan fingerprint density at radius 1 is 1.13 bits per heavy atom. The molecule has 83 valence electrons.